The van der Waals surface area contributed by atoms with Crippen molar-refractivity contribution in [2.75, 3.05) is 7.05 Å². The molecule has 1 aliphatic rings. The van der Waals surface area contributed by atoms with Gasteiger partial charge in [-0.1, -0.05) is 30.3 Å². The van der Waals surface area contributed by atoms with E-state index in [0.717, 1.165) is 16.7 Å². The van der Waals surface area contributed by atoms with Crippen LogP contribution in [0.25, 0.3) is 11.1 Å². The summed E-state index contributed by atoms with van der Waals surface area (Å²) >= 11 is 0. The molecule has 1 atom stereocenters. The first-order chi connectivity index (χ1) is 10.9. The molecule has 0 spiro atoms. The molecule has 1 unspecified atom stereocenters. The Bertz CT molecular complexity index is 783. The van der Waals surface area contributed by atoms with Gasteiger partial charge in [0.05, 0.1) is 12.0 Å². The van der Waals surface area contributed by atoms with Crippen molar-refractivity contribution in [2.24, 2.45) is 10.7 Å². The van der Waals surface area contributed by atoms with Crippen LogP contribution in [0.4, 0.5) is 0 Å². The Morgan fingerprint density at radius 2 is 1.87 bits per heavy atom. The Morgan fingerprint density at radius 1 is 1.17 bits per heavy atom. The van der Waals surface area contributed by atoms with Crippen molar-refractivity contribution >= 4 is 11.9 Å². The number of phenols is 1. The number of hydrogen-bond donors (Lipinski definition) is 2. The molecule has 0 saturated heterocycles. The second-order valence-corrected chi connectivity index (χ2v) is 6.00. The third-order valence-corrected chi connectivity index (χ3v) is 4.26. The van der Waals surface area contributed by atoms with Gasteiger partial charge in [-0.15, -0.1) is 0 Å². The predicted molar refractivity (Wildman–Crippen MR) is 89.9 cm³/mol. The van der Waals surface area contributed by atoms with Crippen molar-refractivity contribution in [2.45, 2.75) is 18.9 Å². The van der Waals surface area contributed by atoms with E-state index in [4.69, 9.17) is 5.73 Å². The van der Waals surface area contributed by atoms with Crippen LogP contribution in [-0.2, 0) is 10.3 Å². The van der Waals surface area contributed by atoms with Gasteiger partial charge in [-0.3, -0.25) is 9.69 Å². The number of nitrogens with two attached hydrogens (primary N) is 1. The summed E-state index contributed by atoms with van der Waals surface area (Å²) in [5.41, 5.74) is 8.14. The van der Waals surface area contributed by atoms with Crippen LogP contribution in [0.3, 0.4) is 0 Å². The predicted octanol–water partition coefficient (Wildman–Crippen LogP) is 2.45. The molecule has 0 bridgehead atoms. The van der Waals surface area contributed by atoms with Crippen LogP contribution < -0.4 is 5.73 Å². The number of carbonyl (C=O) groups excluding carboxylic acids is 1. The number of nitrogens with zero attached hydrogens (tertiary/aromatic N) is 2. The fourth-order valence-electron chi connectivity index (χ4n) is 2.76. The van der Waals surface area contributed by atoms with Crippen molar-refractivity contribution in [3.63, 3.8) is 0 Å². The normalized spacial score (nSPS) is 21.2. The Morgan fingerprint density at radius 3 is 2.52 bits per heavy atom. The number of hydrogen-bond acceptors (Lipinski definition) is 4. The van der Waals surface area contributed by atoms with Gasteiger partial charge in [0, 0.05) is 7.05 Å². The highest BCUT2D eigenvalue weighted by Crippen LogP contribution is 2.35. The average Bonchev–Trinajstić information content (AvgIpc) is 2.53. The van der Waals surface area contributed by atoms with Crippen molar-refractivity contribution in [1.29, 1.82) is 0 Å². The van der Waals surface area contributed by atoms with Gasteiger partial charge in [-0.25, -0.2) is 4.99 Å². The first-order valence-corrected chi connectivity index (χ1v) is 7.41. The summed E-state index contributed by atoms with van der Waals surface area (Å²) in [5, 5.41) is 9.41. The highest BCUT2D eigenvalue weighted by molar-refractivity contribution is 5.98. The van der Waals surface area contributed by atoms with Crippen LogP contribution in [-0.4, -0.2) is 28.9 Å². The topological polar surface area (TPSA) is 78.9 Å². The standard InChI is InChI=1S/C18H19N3O2/c1-18(11-16(23)21(2)17(19)20-18)14-5-3-4-13(10-14)12-6-8-15(22)9-7-12/h3-10,22H,11H2,1-2H3,(H2,19,20). The minimum absolute atomic E-state index is 0.0463. The van der Waals surface area contributed by atoms with Gasteiger partial charge < -0.3 is 10.8 Å². The largest absolute Gasteiger partial charge is 0.508 e. The van der Waals surface area contributed by atoms with E-state index in [1.54, 1.807) is 19.2 Å². The van der Waals surface area contributed by atoms with Crippen molar-refractivity contribution in [3.05, 3.63) is 54.1 Å². The number of aliphatic imine (C=N–C) groups is 1. The zero-order chi connectivity index (χ0) is 16.6. The lowest BCUT2D eigenvalue weighted by Gasteiger charge is -2.33. The number of aromatic hydroxyl groups is 1. The quantitative estimate of drug-likeness (QED) is 0.894. The molecule has 2 aromatic carbocycles. The zero-order valence-electron chi connectivity index (χ0n) is 13.2. The third-order valence-electron chi connectivity index (χ3n) is 4.26. The average molecular weight is 309 g/mol. The van der Waals surface area contributed by atoms with E-state index in [2.05, 4.69) is 4.99 Å². The molecule has 0 saturated carbocycles. The lowest BCUT2D eigenvalue weighted by atomic mass is 9.86. The third kappa shape index (κ3) is 2.77. The van der Waals surface area contributed by atoms with Crippen molar-refractivity contribution in [3.8, 4) is 16.9 Å². The van der Waals surface area contributed by atoms with Gasteiger partial charge in [-0.05, 0) is 41.8 Å². The second kappa shape index (κ2) is 5.43. The van der Waals surface area contributed by atoms with Crippen molar-refractivity contribution in [1.82, 2.24) is 4.90 Å². The molecule has 0 aliphatic carbocycles. The van der Waals surface area contributed by atoms with E-state index < -0.39 is 5.54 Å². The van der Waals surface area contributed by atoms with E-state index in [-0.39, 0.29) is 24.0 Å². The first-order valence-electron chi connectivity index (χ1n) is 7.41. The molecule has 1 heterocycles. The summed E-state index contributed by atoms with van der Waals surface area (Å²) in [6.45, 7) is 1.92. The molecule has 0 fully saturated rings. The lowest BCUT2D eigenvalue weighted by Crippen LogP contribution is -2.47. The van der Waals surface area contributed by atoms with Crippen LogP contribution in [0.15, 0.2) is 53.5 Å². The molecule has 23 heavy (non-hydrogen) atoms. The molecule has 118 valence electrons. The van der Waals surface area contributed by atoms with Gasteiger partial charge in [0.15, 0.2) is 5.96 Å². The molecular formula is C18H19N3O2. The highest BCUT2D eigenvalue weighted by Gasteiger charge is 2.36. The molecule has 0 radical (unpaired) electrons. The van der Waals surface area contributed by atoms with E-state index in [9.17, 15) is 9.90 Å². The van der Waals surface area contributed by atoms with Gasteiger partial charge in [0.2, 0.25) is 5.91 Å². The molecule has 3 N–H and O–H groups in total. The maximum atomic E-state index is 12.1. The van der Waals surface area contributed by atoms with E-state index in [1.807, 2.05) is 43.3 Å². The van der Waals surface area contributed by atoms with Crippen LogP contribution in [0.1, 0.15) is 18.9 Å². The molecule has 1 aliphatic heterocycles. The van der Waals surface area contributed by atoms with Gasteiger partial charge in [0.1, 0.15) is 5.75 Å². The van der Waals surface area contributed by atoms with Crippen LogP contribution >= 0.6 is 0 Å². The number of carbonyl (C=O) groups is 1. The molecule has 1 amide bonds. The van der Waals surface area contributed by atoms with E-state index >= 15 is 0 Å². The van der Waals surface area contributed by atoms with Gasteiger partial charge in [-0.2, -0.15) is 0 Å². The fourth-order valence-corrected chi connectivity index (χ4v) is 2.76. The zero-order valence-corrected chi connectivity index (χ0v) is 13.2. The molecule has 2 aromatic rings. The minimum atomic E-state index is -0.666. The monoisotopic (exact) mass is 309 g/mol. The molecule has 3 rings (SSSR count). The van der Waals surface area contributed by atoms with E-state index in [1.165, 1.54) is 4.90 Å². The number of rotatable bonds is 2. The van der Waals surface area contributed by atoms with Gasteiger partial charge in [0.25, 0.3) is 0 Å². The SMILES string of the molecule is CN1C(=O)CC(C)(c2cccc(-c3ccc(O)cc3)c2)N=C1N. The molecule has 0 aromatic heterocycles. The fraction of sp³-hybridized carbons (Fsp3) is 0.222. The number of benzene rings is 2. The Labute approximate surface area is 135 Å². The Balaban J connectivity index is 2.03. The number of phenolic OH excluding ortho intramolecular Hbond substituents is 1. The van der Waals surface area contributed by atoms with E-state index in [0.29, 0.717) is 0 Å². The summed E-state index contributed by atoms with van der Waals surface area (Å²) in [4.78, 5) is 18.0. The van der Waals surface area contributed by atoms with Crippen LogP contribution in [0.2, 0.25) is 0 Å². The maximum absolute atomic E-state index is 12.1. The smallest absolute Gasteiger partial charge is 0.231 e. The summed E-state index contributed by atoms with van der Waals surface area (Å²) in [6.07, 6.45) is 0.281. The summed E-state index contributed by atoms with van der Waals surface area (Å²) < 4.78 is 0. The second-order valence-electron chi connectivity index (χ2n) is 6.00. The van der Waals surface area contributed by atoms with Gasteiger partial charge >= 0.3 is 0 Å². The summed E-state index contributed by atoms with van der Waals surface area (Å²) in [7, 11) is 1.63. The number of guanidine groups is 1. The Hall–Kier alpha value is -2.82. The lowest BCUT2D eigenvalue weighted by molar-refractivity contribution is -0.128. The van der Waals surface area contributed by atoms with Crippen molar-refractivity contribution < 1.29 is 9.90 Å². The summed E-state index contributed by atoms with van der Waals surface area (Å²) in [6, 6.07) is 14.9. The van der Waals surface area contributed by atoms with Crippen LogP contribution in [0.5, 0.6) is 5.75 Å². The number of amides is 1. The molecule has 5 nitrogen and oxygen atoms in total. The Kier molecular flexibility index (Phi) is 3.56. The minimum Gasteiger partial charge on any atom is -0.508 e. The maximum Gasteiger partial charge on any atom is 0.231 e. The first kappa shape index (κ1) is 15.1. The molecular weight excluding hydrogens is 290 g/mol. The molecule has 5 heteroatoms. The summed E-state index contributed by atoms with van der Waals surface area (Å²) in [5.74, 6) is 0.420. The van der Waals surface area contributed by atoms with Crippen LogP contribution in [0, 0.1) is 0 Å². The highest BCUT2D eigenvalue weighted by atomic mass is 16.3.